The van der Waals surface area contributed by atoms with E-state index in [2.05, 4.69) is 368 Å². The van der Waals surface area contributed by atoms with E-state index in [4.69, 9.17) is 0 Å². The number of rotatable bonds is 17. The molecule has 11 rings (SSSR count). The van der Waals surface area contributed by atoms with Gasteiger partial charge < -0.3 is 14.7 Å². The van der Waals surface area contributed by atoms with E-state index in [9.17, 15) is 0 Å². The van der Waals surface area contributed by atoms with Crippen LogP contribution in [0.1, 0.15) is 94.6 Å². The molecule has 0 aliphatic rings. The Morgan fingerprint density at radius 3 is 0.512 bits per heavy atom. The SMILES string of the molecule is Cc1cc(C)c(N(c2ccccc2)c2ccc(C=Cc3ccc(C=Cc4ccc(N(c5ccc(C=Cc6ccc(C=Cc7ccc(N(c8ccccc8)c8c(C)cc(C)cc8C)cc7)cc6)cc5)c5c(C)cc(C)cc5C)cc4)cc3)cc2)c(C)c1. The van der Waals surface area contributed by atoms with E-state index in [1.807, 2.05) is 0 Å². The first kappa shape index (κ1) is 57.6. The van der Waals surface area contributed by atoms with Gasteiger partial charge >= 0.3 is 0 Å². The van der Waals surface area contributed by atoms with Gasteiger partial charge in [-0.15, -0.1) is 0 Å². The maximum absolute atomic E-state index is 2.39. The lowest BCUT2D eigenvalue weighted by atomic mass is 10.0. The van der Waals surface area contributed by atoms with E-state index in [0.717, 1.165) is 78.6 Å². The van der Waals surface area contributed by atoms with Gasteiger partial charge in [-0.25, -0.2) is 0 Å². The molecular formula is C83H75N3. The molecule has 0 N–H and O–H groups in total. The van der Waals surface area contributed by atoms with Crippen LogP contribution in [-0.2, 0) is 0 Å². The molecule has 0 radical (unpaired) electrons. The van der Waals surface area contributed by atoms with E-state index in [1.54, 1.807) is 0 Å². The van der Waals surface area contributed by atoms with Crippen molar-refractivity contribution in [3.05, 3.63) is 337 Å². The lowest BCUT2D eigenvalue weighted by Crippen LogP contribution is -2.13. The summed E-state index contributed by atoms with van der Waals surface area (Å²) in [6.45, 7) is 19.8. The topological polar surface area (TPSA) is 9.72 Å². The predicted octanol–water partition coefficient (Wildman–Crippen LogP) is 23.6. The molecule has 0 heterocycles. The molecule has 3 nitrogen and oxygen atoms in total. The smallest absolute Gasteiger partial charge is 0.0520 e. The van der Waals surface area contributed by atoms with Crippen molar-refractivity contribution in [2.75, 3.05) is 14.7 Å². The first-order valence-corrected chi connectivity index (χ1v) is 29.9. The van der Waals surface area contributed by atoms with Crippen molar-refractivity contribution < 1.29 is 0 Å². The summed E-state index contributed by atoms with van der Waals surface area (Å²) in [5, 5.41) is 0. The number of anilines is 9. The summed E-state index contributed by atoms with van der Waals surface area (Å²) in [5.74, 6) is 0. The molecule has 0 atom stereocenters. The predicted molar refractivity (Wildman–Crippen MR) is 375 cm³/mol. The lowest BCUT2D eigenvalue weighted by Gasteiger charge is -2.29. The average Bonchev–Trinajstić information content (AvgIpc) is 2.32. The molecule has 11 aromatic rings. The van der Waals surface area contributed by atoms with Gasteiger partial charge in [0.2, 0.25) is 0 Å². The second-order valence-corrected chi connectivity index (χ2v) is 23.0. The quantitative estimate of drug-likeness (QED) is 0.0842. The summed E-state index contributed by atoms with van der Waals surface area (Å²) in [4.78, 5) is 7.13. The first-order valence-electron chi connectivity index (χ1n) is 29.9. The molecule has 0 fully saturated rings. The Labute approximate surface area is 511 Å². The second kappa shape index (κ2) is 26.1. The Kier molecular flexibility index (Phi) is 17.5. The van der Waals surface area contributed by atoms with E-state index in [1.165, 1.54) is 67.1 Å². The Morgan fingerprint density at radius 1 is 0.186 bits per heavy atom. The fourth-order valence-corrected chi connectivity index (χ4v) is 12.1. The Hall–Kier alpha value is -10.2. The molecule has 0 aliphatic carbocycles. The van der Waals surface area contributed by atoms with E-state index in [-0.39, 0.29) is 0 Å². The minimum Gasteiger partial charge on any atom is -0.310 e. The summed E-state index contributed by atoms with van der Waals surface area (Å²) in [6, 6.07) is 87.9. The summed E-state index contributed by atoms with van der Waals surface area (Å²) < 4.78 is 0. The van der Waals surface area contributed by atoms with Crippen LogP contribution in [0.4, 0.5) is 51.2 Å². The van der Waals surface area contributed by atoms with Crippen molar-refractivity contribution in [2.24, 2.45) is 0 Å². The van der Waals surface area contributed by atoms with Gasteiger partial charge in [0.25, 0.3) is 0 Å². The van der Waals surface area contributed by atoms with Gasteiger partial charge in [-0.05, 0) is 213 Å². The highest BCUT2D eigenvalue weighted by Crippen LogP contribution is 2.43. The zero-order chi connectivity index (χ0) is 59.7. The molecule has 0 amide bonds. The van der Waals surface area contributed by atoms with Crippen LogP contribution >= 0.6 is 0 Å². The number of aryl methyl sites for hydroxylation is 9. The normalized spacial score (nSPS) is 11.6. The van der Waals surface area contributed by atoms with Crippen LogP contribution < -0.4 is 14.7 Å². The number of hydrogen-bond acceptors (Lipinski definition) is 3. The van der Waals surface area contributed by atoms with Crippen LogP contribution in [0.3, 0.4) is 0 Å². The fraction of sp³-hybridized carbons (Fsp3) is 0.108. The van der Waals surface area contributed by atoms with Crippen molar-refractivity contribution in [3.63, 3.8) is 0 Å². The summed E-state index contributed by atoms with van der Waals surface area (Å²) in [7, 11) is 0. The molecule has 11 aromatic carbocycles. The zero-order valence-electron chi connectivity index (χ0n) is 51.1. The standard InChI is InChI=1S/C83H75N3/c1-58-52-61(4)81(62(5)53-58)84(75-16-12-10-13-17-75)77-44-36-71(37-45-77)32-28-67-20-24-69(25-21-67)30-34-73-40-48-79(49-41-73)86(83-65(8)56-60(3)57-66(83)9)80-50-42-74(43-51-80)35-31-70-26-22-68(23-27-70)29-33-72-38-46-78(47-39-72)85(76-18-14-11-15-19-76)82-63(6)54-59(2)55-64(82)7/h10-57H,1-9H3. The molecule has 0 spiro atoms. The molecular weight excluding hydrogens is 1040 g/mol. The summed E-state index contributed by atoms with van der Waals surface area (Å²) >= 11 is 0. The van der Waals surface area contributed by atoms with E-state index in [0.29, 0.717) is 0 Å². The van der Waals surface area contributed by atoms with Crippen molar-refractivity contribution in [1.82, 2.24) is 0 Å². The third kappa shape index (κ3) is 13.6. The number of benzene rings is 11. The van der Waals surface area contributed by atoms with Crippen LogP contribution in [0.25, 0.3) is 48.6 Å². The molecule has 0 saturated carbocycles. The van der Waals surface area contributed by atoms with Crippen LogP contribution in [0.15, 0.2) is 243 Å². The number of nitrogens with zero attached hydrogens (tertiary/aromatic N) is 3. The van der Waals surface area contributed by atoms with Gasteiger partial charge in [-0.3, -0.25) is 0 Å². The third-order valence-electron chi connectivity index (χ3n) is 16.0. The highest BCUT2D eigenvalue weighted by atomic mass is 15.2. The fourth-order valence-electron chi connectivity index (χ4n) is 12.1. The van der Waals surface area contributed by atoms with Gasteiger partial charge in [-0.1, -0.05) is 235 Å². The van der Waals surface area contributed by atoms with E-state index >= 15 is 0 Å². The third-order valence-corrected chi connectivity index (χ3v) is 16.0. The lowest BCUT2D eigenvalue weighted by molar-refractivity contribution is 1.20. The molecule has 0 unspecified atom stereocenters. The Balaban J connectivity index is 0.734. The van der Waals surface area contributed by atoms with Crippen molar-refractivity contribution in [2.45, 2.75) is 62.3 Å². The second-order valence-electron chi connectivity index (χ2n) is 23.0. The molecule has 86 heavy (non-hydrogen) atoms. The van der Waals surface area contributed by atoms with Gasteiger partial charge in [0, 0.05) is 34.1 Å². The molecule has 0 saturated heterocycles. The minimum atomic E-state index is 1.11. The maximum atomic E-state index is 2.39. The number of hydrogen-bond donors (Lipinski definition) is 0. The van der Waals surface area contributed by atoms with Crippen LogP contribution in [0.5, 0.6) is 0 Å². The number of para-hydroxylation sites is 2. The van der Waals surface area contributed by atoms with Crippen molar-refractivity contribution >= 4 is 99.8 Å². The van der Waals surface area contributed by atoms with Gasteiger partial charge in [0.1, 0.15) is 0 Å². The zero-order valence-corrected chi connectivity index (χ0v) is 51.1. The summed E-state index contributed by atoms with van der Waals surface area (Å²) in [5.41, 5.74) is 31.0. The van der Waals surface area contributed by atoms with Gasteiger partial charge in [0.15, 0.2) is 0 Å². The van der Waals surface area contributed by atoms with Gasteiger partial charge in [0.05, 0.1) is 17.1 Å². The Morgan fingerprint density at radius 2 is 0.337 bits per heavy atom. The first-order chi connectivity index (χ1) is 41.8. The molecule has 0 bridgehead atoms. The highest BCUT2D eigenvalue weighted by molar-refractivity contribution is 5.86. The average molecular weight is 1110 g/mol. The van der Waals surface area contributed by atoms with Crippen molar-refractivity contribution in [3.8, 4) is 0 Å². The van der Waals surface area contributed by atoms with Crippen molar-refractivity contribution in [1.29, 1.82) is 0 Å². The monoisotopic (exact) mass is 1110 g/mol. The molecule has 3 heteroatoms. The van der Waals surface area contributed by atoms with Crippen LogP contribution in [0.2, 0.25) is 0 Å². The van der Waals surface area contributed by atoms with Gasteiger partial charge in [-0.2, -0.15) is 0 Å². The van der Waals surface area contributed by atoms with Crippen LogP contribution in [-0.4, -0.2) is 0 Å². The highest BCUT2D eigenvalue weighted by Gasteiger charge is 2.20. The molecule has 422 valence electrons. The molecule has 0 aromatic heterocycles. The largest absolute Gasteiger partial charge is 0.310 e. The minimum absolute atomic E-state index is 1.11. The van der Waals surface area contributed by atoms with E-state index < -0.39 is 0 Å². The Bertz CT molecular complexity index is 3920. The van der Waals surface area contributed by atoms with Crippen LogP contribution in [0, 0.1) is 62.3 Å². The maximum Gasteiger partial charge on any atom is 0.0520 e. The summed E-state index contributed by atoms with van der Waals surface area (Å²) in [6.07, 6.45) is 17.5. The molecule has 0 aliphatic heterocycles.